The molecule has 2 unspecified atom stereocenters. The van der Waals surface area contributed by atoms with E-state index in [1.165, 1.54) is 4.90 Å². The van der Waals surface area contributed by atoms with Crippen molar-refractivity contribution in [1.29, 1.82) is 0 Å². The van der Waals surface area contributed by atoms with Gasteiger partial charge in [0.05, 0.1) is 5.92 Å². The van der Waals surface area contributed by atoms with E-state index in [-0.39, 0.29) is 12.0 Å². The van der Waals surface area contributed by atoms with Crippen LogP contribution in [0.2, 0.25) is 0 Å². The quantitative estimate of drug-likeness (QED) is 0.778. The number of aliphatic carboxylic acids is 1. The lowest BCUT2D eigenvalue weighted by Gasteiger charge is -2.27. The highest BCUT2D eigenvalue weighted by atomic mass is 32.2. The monoisotopic (exact) mass is 267 g/mol. The number of nitrogens with one attached hydrogen (secondary N) is 1. The Morgan fingerprint density at radius 3 is 2.17 bits per heavy atom. The number of carboxylic acids is 1. The number of carboxylic acid groups (broad SMARTS) is 1. The molecule has 1 aromatic carbocycles. The summed E-state index contributed by atoms with van der Waals surface area (Å²) in [5.74, 6) is -1.09. The van der Waals surface area contributed by atoms with Crippen molar-refractivity contribution in [2.75, 3.05) is 13.3 Å². The van der Waals surface area contributed by atoms with Crippen molar-refractivity contribution in [3.05, 3.63) is 29.8 Å². The Labute approximate surface area is 113 Å². The van der Waals surface area contributed by atoms with Crippen molar-refractivity contribution in [3.8, 4) is 0 Å². The minimum absolute atomic E-state index is 0.0835. The third-order valence-electron chi connectivity index (χ3n) is 3.15. The second-order valence-electron chi connectivity index (χ2n) is 4.65. The van der Waals surface area contributed by atoms with Crippen molar-refractivity contribution in [2.45, 2.75) is 24.8 Å². The van der Waals surface area contributed by atoms with Crippen LogP contribution >= 0.6 is 11.8 Å². The van der Waals surface area contributed by atoms with Gasteiger partial charge in [-0.05, 0) is 36.9 Å². The number of thioether (sulfide) groups is 1. The van der Waals surface area contributed by atoms with E-state index in [0.717, 1.165) is 5.56 Å². The molecule has 1 rings (SSSR count). The number of carbonyl (C=O) groups is 1. The maximum absolute atomic E-state index is 11.4. The Hall–Kier alpha value is -1.00. The summed E-state index contributed by atoms with van der Waals surface area (Å²) in [6.45, 7) is 3.89. The Morgan fingerprint density at radius 1 is 1.28 bits per heavy atom. The smallest absolute Gasteiger partial charge is 0.308 e. The molecule has 2 atom stereocenters. The van der Waals surface area contributed by atoms with E-state index in [9.17, 15) is 9.90 Å². The molecule has 3 nitrogen and oxygen atoms in total. The Bertz CT molecular complexity index is 389. The second-order valence-corrected chi connectivity index (χ2v) is 5.53. The maximum atomic E-state index is 11.4. The van der Waals surface area contributed by atoms with Crippen LogP contribution in [0.1, 0.15) is 25.5 Å². The maximum Gasteiger partial charge on any atom is 0.308 e. The molecule has 0 aliphatic rings. The van der Waals surface area contributed by atoms with Crippen LogP contribution in [0.3, 0.4) is 0 Å². The van der Waals surface area contributed by atoms with Crippen LogP contribution in [0.15, 0.2) is 29.2 Å². The first-order chi connectivity index (χ1) is 8.51. The van der Waals surface area contributed by atoms with Gasteiger partial charge in [-0.2, -0.15) is 0 Å². The Kier molecular flexibility index (Phi) is 5.69. The predicted octanol–water partition coefficient (Wildman–Crippen LogP) is 3.03. The molecule has 0 aromatic heterocycles. The first-order valence-corrected chi connectivity index (χ1v) is 7.27. The van der Waals surface area contributed by atoms with Crippen LogP contribution in [0, 0.1) is 11.8 Å². The SMILES string of the molecule is CNC(c1ccc(SC)cc1)C(C(=O)O)C(C)C. The minimum Gasteiger partial charge on any atom is -0.481 e. The molecule has 0 fully saturated rings. The summed E-state index contributed by atoms with van der Waals surface area (Å²) in [5, 5.41) is 12.5. The summed E-state index contributed by atoms with van der Waals surface area (Å²) in [4.78, 5) is 12.6. The van der Waals surface area contributed by atoms with Crippen LogP contribution in [0.5, 0.6) is 0 Å². The molecule has 0 bridgehead atoms. The summed E-state index contributed by atoms with van der Waals surface area (Å²) in [6.07, 6.45) is 2.03. The second kappa shape index (κ2) is 6.81. The fourth-order valence-electron chi connectivity index (χ4n) is 2.18. The molecular formula is C14H21NO2S. The first-order valence-electron chi connectivity index (χ1n) is 6.05. The van der Waals surface area contributed by atoms with Gasteiger partial charge in [0.15, 0.2) is 0 Å². The lowest BCUT2D eigenvalue weighted by molar-refractivity contribution is -0.144. The molecule has 0 heterocycles. The van der Waals surface area contributed by atoms with Gasteiger partial charge in [-0.3, -0.25) is 4.79 Å². The van der Waals surface area contributed by atoms with E-state index < -0.39 is 11.9 Å². The molecule has 0 saturated heterocycles. The molecule has 18 heavy (non-hydrogen) atoms. The lowest BCUT2D eigenvalue weighted by atomic mass is 9.84. The predicted molar refractivity (Wildman–Crippen MR) is 76.0 cm³/mol. The molecule has 0 radical (unpaired) electrons. The molecule has 0 spiro atoms. The summed E-state index contributed by atoms with van der Waals surface area (Å²) in [5.41, 5.74) is 1.02. The number of benzene rings is 1. The van der Waals surface area contributed by atoms with Gasteiger partial charge >= 0.3 is 5.97 Å². The van der Waals surface area contributed by atoms with Crippen molar-refractivity contribution >= 4 is 17.7 Å². The van der Waals surface area contributed by atoms with E-state index in [4.69, 9.17) is 0 Å². The van der Waals surface area contributed by atoms with Crippen LogP contribution in [-0.2, 0) is 4.79 Å². The van der Waals surface area contributed by atoms with Crippen molar-refractivity contribution in [3.63, 3.8) is 0 Å². The Morgan fingerprint density at radius 2 is 1.83 bits per heavy atom. The fraction of sp³-hybridized carbons (Fsp3) is 0.500. The van der Waals surface area contributed by atoms with E-state index in [2.05, 4.69) is 5.32 Å². The van der Waals surface area contributed by atoms with E-state index in [0.29, 0.717) is 0 Å². The standard InChI is InChI=1S/C14H21NO2S/c1-9(2)12(14(16)17)13(15-3)10-5-7-11(18-4)8-6-10/h5-9,12-13,15H,1-4H3,(H,16,17). The van der Waals surface area contributed by atoms with Gasteiger partial charge in [0.2, 0.25) is 0 Å². The topological polar surface area (TPSA) is 49.3 Å². The van der Waals surface area contributed by atoms with Crippen LogP contribution in [0.25, 0.3) is 0 Å². The molecule has 0 aliphatic heterocycles. The van der Waals surface area contributed by atoms with Gasteiger partial charge in [-0.25, -0.2) is 0 Å². The summed E-state index contributed by atoms with van der Waals surface area (Å²) >= 11 is 1.68. The van der Waals surface area contributed by atoms with Crippen molar-refractivity contribution < 1.29 is 9.90 Å². The van der Waals surface area contributed by atoms with Crippen molar-refractivity contribution in [1.82, 2.24) is 5.32 Å². The number of hydrogen-bond donors (Lipinski definition) is 2. The van der Waals surface area contributed by atoms with E-state index in [1.807, 2.05) is 51.4 Å². The van der Waals surface area contributed by atoms with Gasteiger partial charge < -0.3 is 10.4 Å². The van der Waals surface area contributed by atoms with E-state index in [1.54, 1.807) is 11.8 Å². The first kappa shape index (κ1) is 15.1. The van der Waals surface area contributed by atoms with Crippen molar-refractivity contribution in [2.24, 2.45) is 11.8 Å². The minimum atomic E-state index is -0.752. The number of hydrogen-bond acceptors (Lipinski definition) is 3. The van der Waals surface area contributed by atoms with E-state index >= 15 is 0 Å². The molecule has 100 valence electrons. The molecular weight excluding hydrogens is 246 g/mol. The van der Waals surface area contributed by atoms with Gasteiger partial charge in [0, 0.05) is 10.9 Å². The lowest BCUT2D eigenvalue weighted by Crippen LogP contribution is -2.34. The molecule has 0 amide bonds. The normalized spacial score (nSPS) is 14.5. The fourth-order valence-corrected chi connectivity index (χ4v) is 2.59. The van der Waals surface area contributed by atoms with Crippen LogP contribution in [0.4, 0.5) is 0 Å². The molecule has 0 aliphatic carbocycles. The summed E-state index contributed by atoms with van der Waals surface area (Å²) in [7, 11) is 1.81. The zero-order chi connectivity index (χ0) is 13.7. The van der Waals surface area contributed by atoms with Gasteiger partial charge in [0.1, 0.15) is 0 Å². The average molecular weight is 267 g/mol. The van der Waals surface area contributed by atoms with Gasteiger partial charge in [0.25, 0.3) is 0 Å². The highest BCUT2D eigenvalue weighted by Crippen LogP contribution is 2.29. The molecule has 1 aromatic rings. The highest BCUT2D eigenvalue weighted by molar-refractivity contribution is 7.98. The zero-order valence-corrected chi connectivity index (χ0v) is 12.1. The number of rotatable bonds is 6. The third kappa shape index (κ3) is 3.50. The van der Waals surface area contributed by atoms with Gasteiger partial charge in [-0.15, -0.1) is 11.8 Å². The highest BCUT2D eigenvalue weighted by Gasteiger charge is 2.30. The van der Waals surface area contributed by atoms with Crippen LogP contribution in [-0.4, -0.2) is 24.4 Å². The third-order valence-corrected chi connectivity index (χ3v) is 3.89. The molecule has 0 saturated carbocycles. The molecule has 4 heteroatoms. The van der Waals surface area contributed by atoms with Gasteiger partial charge in [-0.1, -0.05) is 26.0 Å². The zero-order valence-electron chi connectivity index (χ0n) is 11.3. The average Bonchev–Trinajstić information content (AvgIpc) is 2.35. The largest absolute Gasteiger partial charge is 0.481 e. The summed E-state index contributed by atoms with van der Waals surface area (Å²) in [6, 6.07) is 7.92. The van der Waals surface area contributed by atoms with Crippen LogP contribution < -0.4 is 5.32 Å². The summed E-state index contributed by atoms with van der Waals surface area (Å²) < 4.78 is 0. The molecule has 2 N–H and O–H groups in total. The Balaban J connectivity index is 3.03.